The molecule has 0 bridgehead atoms. The molecule has 3 amide bonds. The highest BCUT2D eigenvalue weighted by atomic mass is 35.5. The molecule has 2 aromatic carbocycles. The Hall–Kier alpha value is -3.12. The van der Waals surface area contributed by atoms with Crippen molar-refractivity contribution < 1.29 is 14.4 Å². The van der Waals surface area contributed by atoms with Crippen LogP contribution in [0.3, 0.4) is 0 Å². The zero-order valence-corrected chi connectivity index (χ0v) is 17.8. The first-order valence-corrected chi connectivity index (χ1v) is 10.8. The molecule has 1 saturated heterocycles. The van der Waals surface area contributed by atoms with Gasteiger partial charge in [-0.25, -0.2) is 0 Å². The summed E-state index contributed by atoms with van der Waals surface area (Å²) in [5, 5.41) is 3.55. The Morgan fingerprint density at radius 3 is 2.03 bits per heavy atom. The molecule has 6 nitrogen and oxygen atoms in total. The largest absolute Gasteiger partial charge is 0.349 e. The maximum atomic E-state index is 12.6. The Labute approximate surface area is 186 Å². The van der Waals surface area contributed by atoms with Gasteiger partial charge in [0.2, 0.25) is 5.91 Å². The Bertz CT molecular complexity index is 990. The first-order valence-electron chi connectivity index (χ1n) is 10.4. The van der Waals surface area contributed by atoms with E-state index < -0.39 is 0 Å². The highest BCUT2D eigenvalue weighted by Gasteiger charge is 2.24. The minimum atomic E-state index is -0.0888. The molecular formula is C24H24ClN3O3. The van der Waals surface area contributed by atoms with E-state index in [4.69, 9.17) is 11.6 Å². The molecule has 160 valence electrons. The molecule has 1 heterocycles. The second-order valence-electron chi connectivity index (χ2n) is 7.83. The molecule has 7 heteroatoms. The second-order valence-corrected chi connectivity index (χ2v) is 8.26. The van der Waals surface area contributed by atoms with Crippen LogP contribution in [-0.4, -0.2) is 59.7 Å². The van der Waals surface area contributed by atoms with E-state index in [2.05, 4.69) is 5.32 Å². The van der Waals surface area contributed by atoms with Crippen LogP contribution in [0.4, 0.5) is 0 Å². The first kappa shape index (κ1) is 21.1. The van der Waals surface area contributed by atoms with Crippen LogP contribution in [0.1, 0.15) is 39.1 Å². The van der Waals surface area contributed by atoms with Crippen molar-refractivity contribution in [3.05, 3.63) is 76.3 Å². The molecule has 2 aliphatic rings. The van der Waals surface area contributed by atoms with Gasteiger partial charge in [-0.15, -0.1) is 0 Å². The number of carbonyl (C=O) groups excluding carboxylic acids is 3. The van der Waals surface area contributed by atoms with Crippen LogP contribution in [0.5, 0.6) is 0 Å². The predicted octanol–water partition coefficient (Wildman–Crippen LogP) is 3.23. The monoisotopic (exact) mass is 437 g/mol. The molecule has 0 aromatic heterocycles. The minimum absolute atomic E-state index is 0.0508. The summed E-state index contributed by atoms with van der Waals surface area (Å²) in [6.07, 6.45) is 5.39. The number of nitrogens with one attached hydrogen (secondary N) is 1. The molecule has 0 unspecified atom stereocenters. The lowest BCUT2D eigenvalue weighted by molar-refractivity contribution is -0.127. The lowest BCUT2D eigenvalue weighted by Gasteiger charge is -2.34. The molecular weight excluding hydrogens is 414 g/mol. The highest BCUT2D eigenvalue weighted by molar-refractivity contribution is 6.30. The van der Waals surface area contributed by atoms with E-state index in [0.717, 1.165) is 18.4 Å². The van der Waals surface area contributed by atoms with Gasteiger partial charge < -0.3 is 15.1 Å². The topological polar surface area (TPSA) is 69.7 Å². The van der Waals surface area contributed by atoms with Crippen LogP contribution in [0.2, 0.25) is 5.02 Å². The molecule has 31 heavy (non-hydrogen) atoms. The Morgan fingerprint density at radius 1 is 0.839 bits per heavy atom. The summed E-state index contributed by atoms with van der Waals surface area (Å²) >= 11 is 5.88. The summed E-state index contributed by atoms with van der Waals surface area (Å²) in [6, 6.07) is 14.3. The Morgan fingerprint density at radius 2 is 1.42 bits per heavy atom. The van der Waals surface area contributed by atoms with E-state index >= 15 is 0 Å². The quantitative estimate of drug-likeness (QED) is 0.730. The summed E-state index contributed by atoms with van der Waals surface area (Å²) < 4.78 is 0. The van der Waals surface area contributed by atoms with Gasteiger partial charge in [0.05, 0.1) is 0 Å². The molecule has 1 saturated carbocycles. The maximum Gasteiger partial charge on any atom is 0.253 e. The zero-order valence-electron chi connectivity index (χ0n) is 17.1. The third kappa shape index (κ3) is 5.52. The fourth-order valence-electron chi connectivity index (χ4n) is 3.42. The lowest BCUT2D eigenvalue weighted by Crippen LogP contribution is -2.50. The fraction of sp³-hybridized carbons (Fsp3) is 0.292. The SMILES string of the molecule is O=C(NC1CC1)c1ccc(/C=C/C(=O)N2CCN(C(=O)c3ccc(Cl)cc3)CC2)cc1. The molecule has 1 N–H and O–H groups in total. The number of rotatable bonds is 5. The first-order chi connectivity index (χ1) is 15.0. The van der Waals surface area contributed by atoms with Gasteiger partial charge >= 0.3 is 0 Å². The van der Waals surface area contributed by atoms with E-state index in [1.165, 1.54) is 6.08 Å². The normalized spacial score (nSPS) is 16.4. The summed E-state index contributed by atoms with van der Waals surface area (Å²) in [5.41, 5.74) is 2.07. The van der Waals surface area contributed by atoms with E-state index in [-0.39, 0.29) is 17.7 Å². The van der Waals surface area contributed by atoms with Crippen LogP contribution in [0, 0.1) is 0 Å². The number of hydrogen-bond donors (Lipinski definition) is 1. The van der Waals surface area contributed by atoms with Crippen LogP contribution in [0.25, 0.3) is 6.08 Å². The number of halogens is 1. The number of benzene rings is 2. The van der Waals surface area contributed by atoms with Crippen molar-refractivity contribution in [1.29, 1.82) is 0 Å². The molecule has 0 radical (unpaired) electrons. The van der Waals surface area contributed by atoms with Crippen molar-refractivity contribution in [2.75, 3.05) is 26.2 Å². The summed E-state index contributed by atoms with van der Waals surface area (Å²) in [7, 11) is 0. The van der Waals surface area contributed by atoms with E-state index in [1.54, 1.807) is 52.3 Å². The van der Waals surface area contributed by atoms with Crippen molar-refractivity contribution >= 4 is 35.4 Å². The fourth-order valence-corrected chi connectivity index (χ4v) is 3.55. The average molecular weight is 438 g/mol. The van der Waals surface area contributed by atoms with Crippen LogP contribution in [0.15, 0.2) is 54.6 Å². The summed E-state index contributed by atoms with van der Waals surface area (Å²) in [6.45, 7) is 1.96. The summed E-state index contributed by atoms with van der Waals surface area (Å²) in [5.74, 6) is -0.195. The van der Waals surface area contributed by atoms with Gasteiger partial charge in [0.1, 0.15) is 0 Å². The lowest BCUT2D eigenvalue weighted by atomic mass is 10.1. The van der Waals surface area contributed by atoms with Gasteiger partial charge in [-0.2, -0.15) is 0 Å². The molecule has 1 aliphatic heterocycles. The van der Waals surface area contributed by atoms with Crippen molar-refractivity contribution in [2.24, 2.45) is 0 Å². The molecule has 2 fully saturated rings. The standard InChI is InChI=1S/C24H24ClN3O3/c25-20-8-6-19(7-9-20)24(31)28-15-13-27(14-16-28)22(29)12-3-17-1-4-18(5-2-17)23(30)26-21-10-11-21/h1-9,12,21H,10-11,13-16H2,(H,26,30)/b12-3+. The van der Waals surface area contributed by atoms with Crippen molar-refractivity contribution in [2.45, 2.75) is 18.9 Å². The van der Waals surface area contributed by atoms with Crippen molar-refractivity contribution in [3.8, 4) is 0 Å². The predicted molar refractivity (Wildman–Crippen MR) is 120 cm³/mol. The smallest absolute Gasteiger partial charge is 0.253 e. The van der Waals surface area contributed by atoms with Crippen molar-refractivity contribution in [1.82, 2.24) is 15.1 Å². The number of hydrogen-bond acceptors (Lipinski definition) is 3. The molecule has 1 aliphatic carbocycles. The van der Waals surface area contributed by atoms with Crippen molar-refractivity contribution in [3.63, 3.8) is 0 Å². The van der Waals surface area contributed by atoms with E-state index in [9.17, 15) is 14.4 Å². The average Bonchev–Trinajstić information content (AvgIpc) is 3.62. The minimum Gasteiger partial charge on any atom is -0.349 e. The van der Waals surface area contributed by atoms with Gasteiger partial charge in [0, 0.05) is 54.4 Å². The number of carbonyl (C=O) groups is 3. The summed E-state index contributed by atoms with van der Waals surface area (Å²) in [4.78, 5) is 40.6. The number of nitrogens with zero attached hydrogens (tertiary/aromatic N) is 2. The van der Waals surface area contributed by atoms with Gasteiger partial charge in [-0.3, -0.25) is 14.4 Å². The second kappa shape index (κ2) is 9.35. The number of piperazine rings is 1. The van der Waals surface area contributed by atoms with Gasteiger partial charge in [0.25, 0.3) is 11.8 Å². The van der Waals surface area contributed by atoms with Crippen LogP contribution >= 0.6 is 11.6 Å². The van der Waals surface area contributed by atoms with Gasteiger partial charge in [-0.05, 0) is 60.9 Å². The Balaban J connectivity index is 1.27. The van der Waals surface area contributed by atoms with E-state index in [0.29, 0.717) is 48.4 Å². The Kier molecular flexibility index (Phi) is 6.37. The van der Waals surface area contributed by atoms with Crippen LogP contribution in [-0.2, 0) is 4.79 Å². The van der Waals surface area contributed by atoms with Gasteiger partial charge in [-0.1, -0.05) is 23.7 Å². The third-order valence-electron chi connectivity index (χ3n) is 5.47. The third-order valence-corrected chi connectivity index (χ3v) is 5.73. The molecule has 4 rings (SSSR count). The van der Waals surface area contributed by atoms with Gasteiger partial charge in [0.15, 0.2) is 0 Å². The molecule has 0 spiro atoms. The van der Waals surface area contributed by atoms with Crippen LogP contribution < -0.4 is 5.32 Å². The zero-order chi connectivity index (χ0) is 21.8. The molecule has 0 atom stereocenters. The number of amides is 3. The molecule has 2 aromatic rings. The maximum absolute atomic E-state index is 12.6. The highest BCUT2D eigenvalue weighted by Crippen LogP contribution is 2.19. The van der Waals surface area contributed by atoms with E-state index in [1.807, 2.05) is 12.1 Å².